The Kier molecular flexibility index (Phi) is 3.87. The largest absolute Gasteiger partial charge is 0.348 e. The summed E-state index contributed by atoms with van der Waals surface area (Å²) in [5.74, 6) is -0.242. The standard InChI is InChI=1S/C15H21N3O2/c19-14(17-11-5-3-7-16-9-11)12-8-10-4-1-2-6-13(10)18-15(12)20/h8,11,16H,1-7,9H2,(H,17,19)(H,18,20). The summed E-state index contributed by atoms with van der Waals surface area (Å²) >= 11 is 0. The molecule has 1 saturated heterocycles. The fraction of sp³-hybridized carbons (Fsp3) is 0.600. The van der Waals surface area contributed by atoms with Gasteiger partial charge in [0.25, 0.3) is 11.5 Å². The van der Waals surface area contributed by atoms with Gasteiger partial charge in [0.05, 0.1) is 0 Å². The zero-order valence-electron chi connectivity index (χ0n) is 11.6. The van der Waals surface area contributed by atoms with Crippen LogP contribution in [0.1, 0.15) is 47.3 Å². The van der Waals surface area contributed by atoms with Crippen molar-refractivity contribution in [2.24, 2.45) is 0 Å². The second-order valence-electron chi connectivity index (χ2n) is 5.74. The highest BCUT2D eigenvalue weighted by Crippen LogP contribution is 2.18. The van der Waals surface area contributed by atoms with Crippen molar-refractivity contribution in [1.29, 1.82) is 0 Å². The van der Waals surface area contributed by atoms with E-state index in [4.69, 9.17) is 0 Å². The Labute approximate surface area is 118 Å². The minimum absolute atomic E-state index is 0.131. The predicted molar refractivity (Wildman–Crippen MR) is 77.1 cm³/mol. The predicted octanol–water partition coefficient (Wildman–Crippen LogP) is 0.735. The summed E-state index contributed by atoms with van der Waals surface area (Å²) < 4.78 is 0. The van der Waals surface area contributed by atoms with Crippen LogP contribution in [0.5, 0.6) is 0 Å². The van der Waals surface area contributed by atoms with Crippen LogP contribution in [-0.2, 0) is 12.8 Å². The number of hydrogen-bond acceptors (Lipinski definition) is 3. The number of carbonyl (C=O) groups excluding carboxylic acids is 1. The van der Waals surface area contributed by atoms with Crippen LogP contribution in [0.4, 0.5) is 0 Å². The van der Waals surface area contributed by atoms with Crippen molar-refractivity contribution in [2.75, 3.05) is 13.1 Å². The van der Waals surface area contributed by atoms with Crippen LogP contribution >= 0.6 is 0 Å². The van der Waals surface area contributed by atoms with E-state index in [1.165, 1.54) is 0 Å². The Morgan fingerprint density at radius 1 is 1.25 bits per heavy atom. The molecule has 1 unspecified atom stereocenters. The minimum Gasteiger partial charge on any atom is -0.348 e. The summed E-state index contributed by atoms with van der Waals surface area (Å²) in [5, 5.41) is 6.22. The number of H-pyrrole nitrogens is 1. The quantitative estimate of drug-likeness (QED) is 0.745. The second-order valence-corrected chi connectivity index (χ2v) is 5.74. The topological polar surface area (TPSA) is 74.0 Å². The van der Waals surface area contributed by atoms with Crippen LogP contribution in [0.3, 0.4) is 0 Å². The molecule has 108 valence electrons. The summed E-state index contributed by atoms with van der Waals surface area (Å²) in [6.07, 6.45) is 6.15. The first-order valence-electron chi connectivity index (χ1n) is 7.50. The van der Waals surface area contributed by atoms with E-state index >= 15 is 0 Å². The van der Waals surface area contributed by atoms with Crippen molar-refractivity contribution in [2.45, 2.75) is 44.6 Å². The number of piperidine rings is 1. The zero-order chi connectivity index (χ0) is 13.9. The second kappa shape index (κ2) is 5.79. The number of amides is 1. The average Bonchev–Trinajstić information content (AvgIpc) is 2.47. The summed E-state index contributed by atoms with van der Waals surface area (Å²) in [4.78, 5) is 27.2. The van der Waals surface area contributed by atoms with Gasteiger partial charge >= 0.3 is 0 Å². The van der Waals surface area contributed by atoms with E-state index in [9.17, 15) is 9.59 Å². The van der Waals surface area contributed by atoms with Gasteiger partial charge < -0.3 is 15.6 Å². The third kappa shape index (κ3) is 2.77. The molecule has 1 atom stereocenters. The Morgan fingerprint density at radius 2 is 2.10 bits per heavy atom. The first kappa shape index (κ1) is 13.4. The number of pyridine rings is 1. The van der Waals surface area contributed by atoms with Gasteiger partial charge in [-0.25, -0.2) is 0 Å². The molecule has 20 heavy (non-hydrogen) atoms. The lowest BCUT2D eigenvalue weighted by atomic mass is 9.95. The van der Waals surface area contributed by atoms with E-state index in [2.05, 4.69) is 15.6 Å². The molecule has 0 aromatic carbocycles. The van der Waals surface area contributed by atoms with Crippen molar-refractivity contribution in [3.63, 3.8) is 0 Å². The molecule has 2 aliphatic rings. The molecule has 2 heterocycles. The molecule has 1 aliphatic heterocycles. The highest BCUT2D eigenvalue weighted by molar-refractivity contribution is 5.94. The van der Waals surface area contributed by atoms with Crippen molar-refractivity contribution in [3.8, 4) is 0 Å². The van der Waals surface area contributed by atoms with E-state index in [1.807, 2.05) is 0 Å². The van der Waals surface area contributed by atoms with Crippen molar-refractivity contribution >= 4 is 5.91 Å². The number of hydrogen-bond donors (Lipinski definition) is 3. The Hall–Kier alpha value is -1.62. The molecule has 5 nitrogen and oxygen atoms in total. The normalized spacial score (nSPS) is 22.1. The summed E-state index contributed by atoms with van der Waals surface area (Å²) in [7, 11) is 0. The maximum absolute atomic E-state index is 12.3. The van der Waals surface area contributed by atoms with E-state index < -0.39 is 0 Å². The highest BCUT2D eigenvalue weighted by Gasteiger charge is 2.20. The summed E-state index contributed by atoms with van der Waals surface area (Å²) in [6, 6.07) is 1.92. The smallest absolute Gasteiger partial charge is 0.261 e. The number of fused-ring (bicyclic) bond motifs is 1. The molecule has 3 rings (SSSR count). The van der Waals surface area contributed by atoms with Crippen molar-refractivity contribution < 1.29 is 4.79 Å². The van der Waals surface area contributed by atoms with Gasteiger partial charge in [-0.1, -0.05) is 0 Å². The molecule has 0 radical (unpaired) electrons. The maximum Gasteiger partial charge on any atom is 0.261 e. The van der Waals surface area contributed by atoms with Gasteiger partial charge in [-0.2, -0.15) is 0 Å². The molecule has 1 aromatic rings. The number of aromatic nitrogens is 1. The Bertz CT molecular complexity index is 559. The Balaban J connectivity index is 1.78. The van der Waals surface area contributed by atoms with Crippen LogP contribution in [0.25, 0.3) is 0 Å². The number of aromatic amines is 1. The first-order chi connectivity index (χ1) is 9.74. The molecule has 3 N–H and O–H groups in total. The summed E-state index contributed by atoms with van der Waals surface area (Å²) in [5.41, 5.74) is 2.14. The third-order valence-corrected chi connectivity index (χ3v) is 4.21. The van der Waals surface area contributed by atoms with Gasteiger partial charge in [0.15, 0.2) is 0 Å². The van der Waals surface area contributed by atoms with Crippen molar-refractivity contribution in [3.05, 3.63) is 33.2 Å². The lowest BCUT2D eigenvalue weighted by molar-refractivity contribution is 0.0929. The van der Waals surface area contributed by atoms with Crippen LogP contribution in [0.15, 0.2) is 10.9 Å². The molecular weight excluding hydrogens is 254 g/mol. The molecule has 0 bridgehead atoms. The number of nitrogens with one attached hydrogen (secondary N) is 3. The zero-order valence-corrected chi connectivity index (χ0v) is 11.6. The molecule has 5 heteroatoms. The SMILES string of the molecule is O=C(NC1CCCNC1)c1cc2c([nH]c1=O)CCCC2. The Morgan fingerprint density at radius 3 is 2.90 bits per heavy atom. The van der Waals surface area contributed by atoms with E-state index in [1.54, 1.807) is 6.07 Å². The van der Waals surface area contributed by atoms with E-state index in [0.29, 0.717) is 0 Å². The van der Waals surface area contributed by atoms with E-state index in [-0.39, 0.29) is 23.1 Å². The number of rotatable bonds is 2. The minimum atomic E-state index is -0.257. The van der Waals surface area contributed by atoms with Gasteiger partial charge in [-0.05, 0) is 56.7 Å². The lowest BCUT2D eigenvalue weighted by Gasteiger charge is -2.24. The van der Waals surface area contributed by atoms with Crippen LogP contribution < -0.4 is 16.2 Å². The van der Waals surface area contributed by atoms with Crippen LogP contribution in [0, 0.1) is 0 Å². The van der Waals surface area contributed by atoms with Crippen LogP contribution in [0.2, 0.25) is 0 Å². The fourth-order valence-electron chi connectivity index (χ4n) is 3.08. The molecule has 0 saturated carbocycles. The number of carbonyl (C=O) groups is 1. The van der Waals surface area contributed by atoms with Gasteiger partial charge in [0.2, 0.25) is 0 Å². The van der Waals surface area contributed by atoms with Crippen molar-refractivity contribution in [1.82, 2.24) is 15.6 Å². The molecular formula is C15H21N3O2. The molecule has 1 aliphatic carbocycles. The van der Waals surface area contributed by atoms with E-state index in [0.717, 1.165) is 62.9 Å². The molecule has 1 aromatic heterocycles. The van der Waals surface area contributed by atoms with Gasteiger partial charge in [-0.3, -0.25) is 9.59 Å². The monoisotopic (exact) mass is 275 g/mol. The summed E-state index contributed by atoms with van der Waals surface area (Å²) in [6.45, 7) is 1.79. The maximum atomic E-state index is 12.3. The fourth-order valence-corrected chi connectivity index (χ4v) is 3.08. The van der Waals surface area contributed by atoms with Crippen LogP contribution in [-0.4, -0.2) is 30.0 Å². The average molecular weight is 275 g/mol. The highest BCUT2D eigenvalue weighted by atomic mass is 16.2. The molecule has 1 fully saturated rings. The van der Waals surface area contributed by atoms with Gasteiger partial charge in [-0.15, -0.1) is 0 Å². The lowest BCUT2D eigenvalue weighted by Crippen LogP contribution is -2.46. The molecule has 1 amide bonds. The third-order valence-electron chi connectivity index (χ3n) is 4.21. The molecule has 0 spiro atoms. The van der Waals surface area contributed by atoms with Gasteiger partial charge in [0, 0.05) is 18.3 Å². The first-order valence-corrected chi connectivity index (χ1v) is 7.50. The number of aryl methyl sites for hydroxylation is 2. The van der Waals surface area contributed by atoms with Gasteiger partial charge in [0.1, 0.15) is 5.56 Å².